The summed E-state index contributed by atoms with van der Waals surface area (Å²) in [5, 5.41) is 23.4. The first-order valence-corrected chi connectivity index (χ1v) is 10.7. The Kier molecular flexibility index (Phi) is 7.00. The van der Waals surface area contributed by atoms with Crippen molar-refractivity contribution in [2.75, 3.05) is 18.2 Å². The number of nitrogens with zero attached hydrogens (tertiary/aromatic N) is 5. The molecule has 0 spiro atoms. The Balaban J connectivity index is 1.56. The number of methoxy groups -OCH3 is 1. The average molecular weight is 448 g/mol. The number of carbonyl (C=O) groups is 2. The van der Waals surface area contributed by atoms with Crippen molar-refractivity contribution < 1.29 is 14.3 Å². The Morgan fingerprint density at radius 2 is 1.93 bits per heavy atom. The number of ether oxygens (including phenoxy) is 1. The van der Waals surface area contributed by atoms with E-state index in [9.17, 15) is 9.59 Å². The lowest BCUT2D eigenvalue weighted by atomic mass is 10.2. The van der Waals surface area contributed by atoms with Gasteiger partial charge in [0.1, 0.15) is 10.8 Å². The van der Waals surface area contributed by atoms with E-state index in [-0.39, 0.29) is 23.6 Å². The molecule has 0 fully saturated rings. The van der Waals surface area contributed by atoms with Crippen LogP contribution in [0.25, 0.3) is 0 Å². The van der Waals surface area contributed by atoms with Crippen molar-refractivity contribution >= 4 is 40.0 Å². The predicted octanol–water partition coefficient (Wildman–Crippen LogP) is 2.21. The largest absolute Gasteiger partial charge is 0.497 e. The van der Waals surface area contributed by atoms with Crippen LogP contribution in [0.15, 0.2) is 29.4 Å². The molecule has 2 aromatic heterocycles. The van der Waals surface area contributed by atoms with Gasteiger partial charge in [0.15, 0.2) is 11.0 Å². The number of hydrogen-bond acceptors (Lipinski definition) is 9. The van der Waals surface area contributed by atoms with Gasteiger partial charge in [-0.05, 0) is 38.1 Å². The molecule has 0 saturated carbocycles. The van der Waals surface area contributed by atoms with Gasteiger partial charge in [0, 0.05) is 12.6 Å². The number of aryl methyl sites for hydroxylation is 1. The van der Waals surface area contributed by atoms with E-state index in [1.54, 1.807) is 43.0 Å². The van der Waals surface area contributed by atoms with E-state index in [0.717, 1.165) is 5.01 Å². The SMILES string of the molecule is COc1ccc(C(=O)N[C@H](C)c2nnc(SCC(=O)Nc3nnc(C)s3)n2C)cc1. The van der Waals surface area contributed by atoms with Gasteiger partial charge >= 0.3 is 0 Å². The van der Waals surface area contributed by atoms with Crippen molar-refractivity contribution in [3.05, 3.63) is 40.7 Å². The summed E-state index contributed by atoms with van der Waals surface area (Å²) in [6.07, 6.45) is 0. The summed E-state index contributed by atoms with van der Waals surface area (Å²) < 4.78 is 6.86. The van der Waals surface area contributed by atoms with E-state index in [0.29, 0.717) is 27.4 Å². The molecule has 0 radical (unpaired) electrons. The molecule has 2 amide bonds. The Labute approximate surface area is 181 Å². The average Bonchev–Trinajstić information content (AvgIpc) is 3.31. The Morgan fingerprint density at radius 1 is 1.20 bits per heavy atom. The van der Waals surface area contributed by atoms with Crippen LogP contribution >= 0.6 is 23.1 Å². The van der Waals surface area contributed by atoms with E-state index in [1.165, 1.54) is 23.1 Å². The van der Waals surface area contributed by atoms with Gasteiger partial charge in [-0.1, -0.05) is 23.1 Å². The van der Waals surface area contributed by atoms with Crippen LogP contribution in [0.2, 0.25) is 0 Å². The second-order valence-electron chi connectivity index (χ2n) is 6.29. The first kappa shape index (κ1) is 21.7. The van der Waals surface area contributed by atoms with Crippen LogP contribution in [0.1, 0.15) is 34.2 Å². The van der Waals surface area contributed by atoms with Crippen molar-refractivity contribution in [3.63, 3.8) is 0 Å². The number of amides is 2. The Bertz CT molecular complexity index is 1030. The topological polar surface area (TPSA) is 124 Å². The molecule has 0 saturated heterocycles. The fraction of sp³-hybridized carbons (Fsp3) is 0.333. The minimum absolute atomic E-state index is 0.150. The first-order chi connectivity index (χ1) is 14.4. The highest BCUT2D eigenvalue weighted by molar-refractivity contribution is 7.99. The second-order valence-corrected chi connectivity index (χ2v) is 8.41. The summed E-state index contributed by atoms with van der Waals surface area (Å²) in [6.45, 7) is 3.64. The quantitative estimate of drug-likeness (QED) is 0.504. The number of nitrogens with one attached hydrogen (secondary N) is 2. The van der Waals surface area contributed by atoms with Gasteiger partial charge in [-0.15, -0.1) is 20.4 Å². The predicted molar refractivity (Wildman–Crippen MR) is 114 cm³/mol. The summed E-state index contributed by atoms with van der Waals surface area (Å²) in [6, 6.07) is 6.47. The third kappa shape index (κ3) is 5.33. The Morgan fingerprint density at radius 3 is 2.57 bits per heavy atom. The fourth-order valence-corrected chi connectivity index (χ4v) is 3.87. The molecule has 3 rings (SSSR count). The van der Waals surface area contributed by atoms with Crippen LogP contribution in [0.3, 0.4) is 0 Å². The molecule has 3 aromatic rings. The van der Waals surface area contributed by atoms with Crippen LogP contribution in [-0.4, -0.2) is 49.6 Å². The summed E-state index contributed by atoms with van der Waals surface area (Å²) in [5.74, 6) is 0.979. The number of carbonyl (C=O) groups excluding carboxylic acids is 2. The molecule has 0 aliphatic heterocycles. The lowest BCUT2D eigenvalue weighted by molar-refractivity contribution is -0.113. The molecule has 0 aliphatic rings. The number of aromatic nitrogens is 5. The summed E-state index contributed by atoms with van der Waals surface area (Å²) in [7, 11) is 3.36. The molecular weight excluding hydrogens is 426 g/mol. The maximum atomic E-state index is 12.5. The van der Waals surface area contributed by atoms with Crippen molar-refractivity contribution in [3.8, 4) is 5.75 Å². The minimum Gasteiger partial charge on any atom is -0.497 e. The molecule has 12 heteroatoms. The zero-order chi connectivity index (χ0) is 21.7. The third-order valence-corrected chi connectivity index (χ3v) is 5.83. The Hall–Kier alpha value is -2.99. The molecular formula is C18H21N7O3S2. The van der Waals surface area contributed by atoms with E-state index in [1.807, 2.05) is 13.8 Å². The molecule has 2 N–H and O–H groups in total. The maximum Gasteiger partial charge on any atom is 0.251 e. The number of anilines is 1. The third-order valence-electron chi connectivity index (χ3n) is 4.06. The van der Waals surface area contributed by atoms with Crippen LogP contribution in [0.4, 0.5) is 5.13 Å². The van der Waals surface area contributed by atoms with Crippen molar-refractivity contribution in [2.45, 2.75) is 25.0 Å². The van der Waals surface area contributed by atoms with E-state index in [4.69, 9.17) is 4.74 Å². The van der Waals surface area contributed by atoms with Gasteiger partial charge in [0.25, 0.3) is 5.91 Å². The van der Waals surface area contributed by atoms with Crippen LogP contribution in [0, 0.1) is 6.92 Å². The zero-order valence-electron chi connectivity index (χ0n) is 16.9. The second kappa shape index (κ2) is 9.67. The van der Waals surface area contributed by atoms with E-state index < -0.39 is 0 Å². The molecule has 1 aromatic carbocycles. The first-order valence-electron chi connectivity index (χ1n) is 8.94. The molecule has 0 bridgehead atoms. The van der Waals surface area contributed by atoms with Crippen LogP contribution in [-0.2, 0) is 11.8 Å². The lowest BCUT2D eigenvalue weighted by Gasteiger charge is -2.14. The monoisotopic (exact) mass is 447 g/mol. The van der Waals surface area contributed by atoms with E-state index >= 15 is 0 Å². The van der Waals surface area contributed by atoms with Gasteiger partial charge in [0.05, 0.1) is 18.9 Å². The van der Waals surface area contributed by atoms with Gasteiger partial charge in [-0.25, -0.2) is 0 Å². The number of thioether (sulfide) groups is 1. The highest BCUT2D eigenvalue weighted by Crippen LogP contribution is 2.21. The van der Waals surface area contributed by atoms with Crippen molar-refractivity contribution in [1.29, 1.82) is 0 Å². The fourth-order valence-electron chi connectivity index (χ4n) is 2.55. The number of hydrogen-bond donors (Lipinski definition) is 2. The van der Waals surface area contributed by atoms with Gasteiger partial charge < -0.3 is 14.6 Å². The summed E-state index contributed by atoms with van der Waals surface area (Å²) >= 11 is 2.56. The molecule has 30 heavy (non-hydrogen) atoms. The highest BCUT2D eigenvalue weighted by Gasteiger charge is 2.19. The standard InChI is InChI=1S/C18H21N7O3S2/c1-10(19-16(27)12-5-7-13(28-4)8-6-12)15-22-24-18(25(15)3)29-9-14(26)20-17-23-21-11(2)30-17/h5-8,10H,9H2,1-4H3,(H,19,27)(H,20,23,26)/t10-/m1/s1. The summed E-state index contributed by atoms with van der Waals surface area (Å²) in [4.78, 5) is 24.5. The molecule has 0 unspecified atom stereocenters. The minimum atomic E-state index is -0.371. The molecule has 0 aliphatic carbocycles. The normalized spacial score (nSPS) is 11.7. The molecule has 158 valence electrons. The van der Waals surface area contributed by atoms with Crippen molar-refractivity contribution in [2.24, 2.45) is 7.05 Å². The molecule has 2 heterocycles. The highest BCUT2D eigenvalue weighted by atomic mass is 32.2. The van der Waals surface area contributed by atoms with Gasteiger partial charge in [-0.3, -0.25) is 14.9 Å². The lowest BCUT2D eigenvalue weighted by Crippen LogP contribution is -2.28. The zero-order valence-corrected chi connectivity index (χ0v) is 18.5. The van der Waals surface area contributed by atoms with Crippen molar-refractivity contribution in [1.82, 2.24) is 30.3 Å². The summed E-state index contributed by atoms with van der Waals surface area (Å²) in [5.41, 5.74) is 0.517. The van der Waals surface area contributed by atoms with Gasteiger partial charge in [0.2, 0.25) is 11.0 Å². The number of rotatable bonds is 8. The van der Waals surface area contributed by atoms with Crippen LogP contribution < -0.4 is 15.4 Å². The van der Waals surface area contributed by atoms with E-state index in [2.05, 4.69) is 31.0 Å². The smallest absolute Gasteiger partial charge is 0.251 e. The number of benzene rings is 1. The molecule has 1 atom stereocenters. The van der Waals surface area contributed by atoms with Crippen LogP contribution in [0.5, 0.6) is 5.75 Å². The maximum absolute atomic E-state index is 12.5. The van der Waals surface area contributed by atoms with Gasteiger partial charge in [-0.2, -0.15) is 0 Å². The molecule has 10 nitrogen and oxygen atoms in total.